The van der Waals surface area contributed by atoms with Crippen LogP contribution in [-0.4, -0.2) is 18.6 Å². The number of ether oxygens (including phenoxy) is 2. The fourth-order valence-electron chi connectivity index (χ4n) is 3.30. The third kappa shape index (κ3) is 4.57. The molecule has 0 bridgehead atoms. The van der Waals surface area contributed by atoms with Crippen molar-refractivity contribution < 1.29 is 14.3 Å². The van der Waals surface area contributed by atoms with Gasteiger partial charge < -0.3 is 14.8 Å². The van der Waals surface area contributed by atoms with Gasteiger partial charge in [-0.1, -0.05) is 24.3 Å². The van der Waals surface area contributed by atoms with Gasteiger partial charge in [0.2, 0.25) is 0 Å². The van der Waals surface area contributed by atoms with Gasteiger partial charge in [0.05, 0.1) is 6.61 Å². The molecule has 1 aliphatic carbocycles. The predicted molar refractivity (Wildman–Crippen MR) is 103 cm³/mol. The zero-order chi connectivity index (χ0) is 18.4. The lowest BCUT2D eigenvalue weighted by Gasteiger charge is -2.22. The molecule has 1 unspecified atom stereocenters. The van der Waals surface area contributed by atoms with Gasteiger partial charge in [0.15, 0.2) is 6.10 Å². The molecule has 0 heterocycles. The maximum Gasteiger partial charge on any atom is 0.261 e. The third-order valence-corrected chi connectivity index (χ3v) is 4.73. The quantitative estimate of drug-likeness (QED) is 0.817. The summed E-state index contributed by atoms with van der Waals surface area (Å²) in [7, 11) is 0. The van der Waals surface area contributed by atoms with E-state index >= 15 is 0 Å². The van der Waals surface area contributed by atoms with Crippen LogP contribution in [0, 0.1) is 0 Å². The summed E-state index contributed by atoms with van der Waals surface area (Å²) in [6.45, 7) is 4.88. The zero-order valence-electron chi connectivity index (χ0n) is 15.6. The average Bonchev–Trinajstić information content (AvgIpc) is 2.67. The molecule has 1 aliphatic rings. The highest BCUT2D eigenvalue weighted by molar-refractivity contribution is 5.80. The van der Waals surface area contributed by atoms with E-state index in [1.807, 2.05) is 43.3 Å². The Morgan fingerprint density at radius 2 is 1.88 bits per heavy atom. The van der Waals surface area contributed by atoms with Crippen LogP contribution in [0.4, 0.5) is 0 Å². The van der Waals surface area contributed by atoms with Gasteiger partial charge in [0, 0.05) is 6.54 Å². The van der Waals surface area contributed by atoms with Gasteiger partial charge in [-0.05, 0) is 74.4 Å². The standard InChI is InChI=1S/C22H27NO3/c1-3-25-19-13-11-17(12-14-19)15-23-22(24)16(2)26-21-10-6-8-18-7-4-5-9-20(18)21/h6,8,10-14,16H,3-5,7,9,15H2,1-2H3,(H,23,24). The van der Waals surface area contributed by atoms with E-state index in [0.717, 1.165) is 29.9 Å². The molecular formula is C22H27NO3. The summed E-state index contributed by atoms with van der Waals surface area (Å²) in [5.74, 6) is 1.59. The lowest BCUT2D eigenvalue weighted by molar-refractivity contribution is -0.127. The number of aryl methyl sites for hydroxylation is 1. The van der Waals surface area contributed by atoms with Crippen molar-refractivity contribution in [2.45, 2.75) is 52.2 Å². The Morgan fingerprint density at radius 3 is 2.65 bits per heavy atom. The largest absolute Gasteiger partial charge is 0.494 e. The highest BCUT2D eigenvalue weighted by atomic mass is 16.5. The number of hydrogen-bond acceptors (Lipinski definition) is 3. The topological polar surface area (TPSA) is 47.6 Å². The number of hydrogen-bond donors (Lipinski definition) is 1. The lowest BCUT2D eigenvalue weighted by atomic mass is 9.91. The van der Waals surface area contributed by atoms with Crippen LogP contribution >= 0.6 is 0 Å². The molecule has 4 heteroatoms. The van der Waals surface area contributed by atoms with E-state index in [2.05, 4.69) is 11.4 Å². The highest BCUT2D eigenvalue weighted by Crippen LogP contribution is 2.30. The van der Waals surface area contributed by atoms with Gasteiger partial charge in [-0.3, -0.25) is 4.79 Å². The summed E-state index contributed by atoms with van der Waals surface area (Å²) in [4.78, 5) is 12.4. The van der Waals surface area contributed by atoms with Gasteiger partial charge in [-0.15, -0.1) is 0 Å². The maximum absolute atomic E-state index is 12.4. The first-order valence-corrected chi connectivity index (χ1v) is 9.44. The molecule has 0 spiro atoms. The number of rotatable bonds is 7. The molecule has 0 aliphatic heterocycles. The molecular weight excluding hydrogens is 326 g/mol. The van der Waals surface area contributed by atoms with Crippen LogP contribution in [0.2, 0.25) is 0 Å². The lowest BCUT2D eigenvalue weighted by Crippen LogP contribution is -2.36. The van der Waals surface area contributed by atoms with Crippen LogP contribution in [0.25, 0.3) is 0 Å². The number of fused-ring (bicyclic) bond motifs is 1. The molecule has 1 N–H and O–H groups in total. The van der Waals surface area contributed by atoms with Crippen LogP contribution in [0.1, 0.15) is 43.4 Å². The normalized spacial score (nSPS) is 14.2. The Kier molecular flexibility index (Phi) is 6.16. The summed E-state index contributed by atoms with van der Waals surface area (Å²) in [5, 5.41) is 2.95. The number of carbonyl (C=O) groups is 1. The van der Waals surface area contributed by atoms with Gasteiger partial charge in [-0.2, -0.15) is 0 Å². The molecule has 1 amide bonds. The van der Waals surface area contributed by atoms with Gasteiger partial charge in [0.1, 0.15) is 11.5 Å². The first-order valence-electron chi connectivity index (χ1n) is 9.44. The number of nitrogens with one attached hydrogen (secondary N) is 1. The summed E-state index contributed by atoms with van der Waals surface area (Å²) in [6, 6.07) is 13.9. The summed E-state index contributed by atoms with van der Waals surface area (Å²) >= 11 is 0. The number of amides is 1. The van der Waals surface area contributed by atoms with Gasteiger partial charge in [0.25, 0.3) is 5.91 Å². The molecule has 0 fully saturated rings. The molecule has 2 aromatic rings. The van der Waals surface area contributed by atoms with Crippen LogP contribution in [0.3, 0.4) is 0 Å². The van der Waals surface area contributed by atoms with E-state index in [-0.39, 0.29) is 5.91 Å². The van der Waals surface area contributed by atoms with E-state index in [1.165, 1.54) is 24.0 Å². The Labute approximate surface area is 155 Å². The first kappa shape index (κ1) is 18.3. The van der Waals surface area contributed by atoms with Crippen LogP contribution in [0.5, 0.6) is 11.5 Å². The minimum atomic E-state index is -0.522. The third-order valence-electron chi connectivity index (χ3n) is 4.73. The molecule has 0 aromatic heterocycles. The second-order valence-electron chi connectivity index (χ2n) is 6.66. The van der Waals surface area contributed by atoms with E-state index in [9.17, 15) is 4.79 Å². The minimum Gasteiger partial charge on any atom is -0.494 e. The maximum atomic E-state index is 12.4. The molecule has 2 aromatic carbocycles. The SMILES string of the molecule is CCOc1ccc(CNC(=O)C(C)Oc2cccc3c2CCCC3)cc1. The number of carbonyl (C=O) groups excluding carboxylic acids is 1. The monoisotopic (exact) mass is 353 g/mol. The van der Waals surface area contributed by atoms with Crippen LogP contribution in [0.15, 0.2) is 42.5 Å². The predicted octanol–water partition coefficient (Wildman–Crippen LogP) is 4.05. The molecule has 0 saturated heterocycles. The molecule has 0 radical (unpaired) electrons. The van der Waals surface area contributed by atoms with E-state index < -0.39 is 6.10 Å². The van der Waals surface area contributed by atoms with Crippen molar-refractivity contribution in [2.24, 2.45) is 0 Å². The molecule has 4 nitrogen and oxygen atoms in total. The van der Waals surface area contributed by atoms with E-state index in [0.29, 0.717) is 13.2 Å². The average molecular weight is 353 g/mol. The van der Waals surface area contributed by atoms with Crippen molar-refractivity contribution in [1.29, 1.82) is 0 Å². The molecule has 3 rings (SSSR count). The van der Waals surface area contributed by atoms with Crippen molar-refractivity contribution in [2.75, 3.05) is 6.61 Å². The molecule has 0 saturated carbocycles. The summed E-state index contributed by atoms with van der Waals surface area (Å²) in [5.41, 5.74) is 3.66. The number of benzene rings is 2. The summed E-state index contributed by atoms with van der Waals surface area (Å²) in [6.07, 6.45) is 4.03. The van der Waals surface area contributed by atoms with Crippen molar-refractivity contribution in [3.05, 3.63) is 59.2 Å². The minimum absolute atomic E-state index is 0.104. The molecule has 26 heavy (non-hydrogen) atoms. The molecule has 138 valence electrons. The van der Waals surface area contributed by atoms with Crippen molar-refractivity contribution >= 4 is 5.91 Å². The Balaban J connectivity index is 1.55. The summed E-state index contributed by atoms with van der Waals surface area (Å²) < 4.78 is 11.4. The van der Waals surface area contributed by atoms with Crippen molar-refractivity contribution in [3.8, 4) is 11.5 Å². The van der Waals surface area contributed by atoms with Crippen molar-refractivity contribution in [3.63, 3.8) is 0 Å². The second kappa shape index (κ2) is 8.75. The van der Waals surface area contributed by atoms with E-state index in [1.54, 1.807) is 6.92 Å². The smallest absolute Gasteiger partial charge is 0.261 e. The fraction of sp³-hybridized carbons (Fsp3) is 0.409. The highest BCUT2D eigenvalue weighted by Gasteiger charge is 2.19. The zero-order valence-corrected chi connectivity index (χ0v) is 15.6. The Hall–Kier alpha value is -2.49. The Bertz CT molecular complexity index is 740. The fourth-order valence-corrected chi connectivity index (χ4v) is 3.30. The Morgan fingerprint density at radius 1 is 1.12 bits per heavy atom. The van der Waals surface area contributed by atoms with Crippen LogP contribution in [-0.2, 0) is 24.2 Å². The van der Waals surface area contributed by atoms with Gasteiger partial charge in [-0.25, -0.2) is 0 Å². The van der Waals surface area contributed by atoms with Gasteiger partial charge >= 0.3 is 0 Å². The van der Waals surface area contributed by atoms with Crippen LogP contribution < -0.4 is 14.8 Å². The van der Waals surface area contributed by atoms with E-state index in [4.69, 9.17) is 9.47 Å². The van der Waals surface area contributed by atoms with Crippen molar-refractivity contribution in [1.82, 2.24) is 5.32 Å². The second-order valence-corrected chi connectivity index (χ2v) is 6.66. The first-order chi connectivity index (χ1) is 12.7. The molecule has 1 atom stereocenters.